The maximum absolute atomic E-state index is 13.7. The van der Waals surface area contributed by atoms with Crippen molar-refractivity contribution < 1.29 is 58.6 Å². The molecule has 0 fully saturated rings. The van der Waals surface area contributed by atoms with Crippen LogP contribution in [0, 0.1) is 5.82 Å². The number of halogens is 7. The number of sulfonamides is 1. The summed E-state index contributed by atoms with van der Waals surface area (Å²) >= 11 is 0. The molecule has 1 amide bonds. The first kappa shape index (κ1) is 33.7. The Hall–Kier alpha value is -4.18. The molecule has 0 saturated carbocycles. The second-order valence-electron chi connectivity index (χ2n) is 10.1. The number of alkyl halides is 6. The SMILES string of the molecule is O=C(C[C@@H]1CCc2cc(C(O)(C(F)(F)F)C(F)(F)F)ccc2N1S(=O)(=O)c1ccc(F)cc1)NCC(=O)OCc1ccccc1. The Morgan fingerprint density at radius 2 is 1.56 bits per heavy atom. The van der Waals surface area contributed by atoms with Crippen LogP contribution in [0.4, 0.5) is 36.4 Å². The average Bonchev–Trinajstić information content (AvgIpc) is 2.97. The highest BCUT2D eigenvalue weighted by atomic mass is 32.2. The van der Waals surface area contributed by atoms with E-state index < -0.39 is 75.1 Å². The van der Waals surface area contributed by atoms with E-state index >= 15 is 0 Å². The Bertz CT molecular complexity index is 1630. The molecule has 0 aromatic heterocycles. The van der Waals surface area contributed by atoms with E-state index in [0.29, 0.717) is 28.1 Å². The maximum Gasteiger partial charge on any atom is 0.430 e. The lowest BCUT2D eigenvalue weighted by atomic mass is 9.87. The van der Waals surface area contributed by atoms with Crippen LogP contribution in [0.25, 0.3) is 0 Å². The molecule has 0 aliphatic carbocycles. The fourth-order valence-corrected chi connectivity index (χ4v) is 6.54. The average molecular weight is 663 g/mol. The molecule has 0 radical (unpaired) electrons. The molecule has 242 valence electrons. The van der Waals surface area contributed by atoms with Crippen molar-refractivity contribution in [3.05, 3.63) is 95.3 Å². The Balaban J connectivity index is 1.62. The van der Waals surface area contributed by atoms with Crippen molar-refractivity contribution in [3.8, 4) is 0 Å². The zero-order valence-electron chi connectivity index (χ0n) is 23.0. The lowest BCUT2D eigenvalue weighted by Gasteiger charge is -2.39. The lowest BCUT2D eigenvalue weighted by Crippen LogP contribution is -2.54. The molecule has 8 nitrogen and oxygen atoms in total. The van der Waals surface area contributed by atoms with Crippen LogP contribution in [0.2, 0.25) is 0 Å². The van der Waals surface area contributed by atoms with Crippen molar-refractivity contribution in [1.82, 2.24) is 5.32 Å². The van der Waals surface area contributed by atoms with Gasteiger partial charge >= 0.3 is 18.3 Å². The van der Waals surface area contributed by atoms with Gasteiger partial charge in [-0.2, -0.15) is 26.3 Å². The molecule has 0 unspecified atom stereocenters. The summed E-state index contributed by atoms with van der Waals surface area (Å²) < 4.78 is 128. The molecule has 0 bridgehead atoms. The van der Waals surface area contributed by atoms with Crippen LogP contribution in [0.5, 0.6) is 0 Å². The van der Waals surface area contributed by atoms with Crippen molar-refractivity contribution in [2.24, 2.45) is 0 Å². The monoisotopic (exact) mass is 662 g/mol. The number of carbonyl (C=O) groups excluding carboxylic acids is 2. The standard InChI is InChI=1S/C29H25F7N2O6S/c30-21-8-11-23(12-9-21)45(42,43)38-22(15-25(39)37-16-26(40)44-17-18-4-2-1-3-5-18)10-6-19-14-20(7-13-24(19)38)27(41,28(31,32)33)29(34,35)36/h1-5,7-9,11-14,22,41H,6,10,15-17H2,(H,37,39)/t22-/m0/s1. The normalized spacial score (nSPS) is 15.7. The summed E-state index contributed by atoms with van der Waals surface area (Å²) in [6.07, 6.45) is -13.4. The first-order chi connectivity index (χ1) is 20.9. The molecule has 16 heteroatoms. The first-order valence-corrected chi connectivity index (χ1v) is 14.6. The molecular formula is C29H25F7N2O6S. The third-order valence-electron chi connectivity index (χ3n) is 7.10. The van der Waals surface area contributed by atoms with Crippen molar-refractivity contribution in [2.45, 2.75) is 54.8 Å². The summed E-state index contributed by atoms with van der Waals surface area (Å²) in [5.41, 5.74) is -6.77. The zero-order valence-corrected chi connectivity index (χ0v) is 23.8. The highest BCUT2D eigenvalue weighted by molar-refractivity contribution is 7.92. The number of nitrogens with one attached hydrogen (secondary N) is 1. The van der Waals surface area contributed by atoms with Gasteiger partial charge in [0, 0.05) is 12.0 Å². The van der Waals surface area contributed by atoms with E-state index in [1.165, 1.54) is 0 Å². The van der Waals surface area contributed by atoms with Gasteiger partial charge in [0.2, 0.25) is 5.91 Å². The zero-order chi connectivity index (χ0) is 33.2. The van der Waals surface area contributed by atoms with Crippen LogP contribution in [0.15, 0.2) is 77.7 Å². The molecule has 3 aromatic rings. The minimum absolute atomic E-state index is 0.0710. The molecule has 1 heterocycles. The lowest BCUT2D eigenvalue weighted by molar-refractivity contribution is -0.376. The minimum Gasteiger partial charge on any atom is -0.460 e. The molecular weight excluding hydrogens is 637 g/mol. The molecule has 2 N–H and O–H groups in total. The third-order valence-corrected chi connectivity index (χ3v) is 8.98. The van der Waals surface area contributed by atoms with Crippen LogP contribution >= 0.6 is 0 Å². The second-order valence-corrected chi connectivity index (χ2v) is 11.9. The van der Waals surface area contributed by atoms with E-state index in [1.54, 1.807) is 30.3 Å². The van der Waals surface area contributed by atoms with E-state index in [2.05, 4.69) is 5.32 Å². The van der Waals surface area contributed by atoms with Crippen LogP contribution in [-0.2, 0) is 43.0 Å². The van der Waals surface area contributed by atoms with Crippen LogP contribution in [-0.4, -0.2) is 50.3 Å². The smallest absolute Gasteiger partial charge is 0.430 e. The molecule has 0 saturated heterocycles. The topological polar surface area (TPSA) is 113 Å². The maximum atomic E-state index is 13.7. The van der Waals surface area contributed by atoms with Gasteiger partial charge in [-0.15, -0.1) is 0 Å². The Kier molecular flexibility index (Phi) is 9.49. The third kappa shape index (κ3) is 7.06. The summed E-state index contributed by atoms with van der Waals surface area (Å²) in [5.74, 6) is -2.39. The molecule has 45 heavy (non-hydrogen) atoms. The number of ether oxygens (including phenoxy) is 1. The number of carbonyl (C=O) groups is 2. The number of aryl methyl sites for hydroxylation is 1. The van der Waals surface area contributed by atoms with E-state index in [4.69, 9.17) is 4.74 Å². The predicted octanol–water partition coefficient (Wildman–Crippen LogP) is 4.90. The Morgan fingerprint density at radius 1 is 0.933 bits per heavy atom. The number of fused-ring (bicyclic) bond motifs is 1. The molecule has 1 aliphatic rings. The van der Waals surface area contributed by atoms with E-state index in [0.717, 1.165) is 24.3 Å². The summed E-state index contributed by atoms with van der Waals surface area (Å²) in [6, 6.07) is 12.3. The molecule has 1 aliphatic heterocycles. The molecule has 3 aromatic carbocycles. The fraction of sp³-hybridized carbons (Fsp3) is 0.310. The van der Waals surface area contributed by atoms with Gasteiger partial charge in [0.1, 0.15) is 19.0 Å². The van der Waals surface area contributed by atoms with Crippen molar-refractivity contribution in [2.75, 3.05) is 10.8 Å². The van der Waals surface area contributed by atoms with E-state index in [1.807, 2.05) is 0 Å². The summed E-state index contributed by atoms with van der Waals surface area (Å²) in [5, 5.41) is 12.2. The quantitative estimate of drug-likeness (QED) is 0.249. The molecule has 0 spiro atoms. The number of hydrogen-bond donors (Lipinski definition) is 2. The number of hydrogen-bond acceptors (Lipinski definition) is 6. The van der Waals surface area contributed by atoms with E-state index in [9.17, 15) is 53.8 Å². The highest BCUT2D eigenvalue weighted by Crippen LogP contribution is 2.51. The number of esters is 1. The molecule has 4 rings (SSSR count). The van der Waals surface area contributed by atoms with Crippen LogP contribution < -0.4 is 9.62 Å². The summed E-state index contributed by atoms with van der Waals surface area (Å²) in [7, 11) is -4.67. The van der Waals surface area contributed by atoms with Gasteiger partial charge in [-0.25, -0.2) is 12.8 Å². The number of aliphatic hydroxyl groups is 1. The largest absolute Gasteiger partial charge is 0.460 e. The van der Waals surface area contributed by atoms with Gasteiger partial charge in [0.05, 0.1) is 16.6 Å². The van der Waals surface area contributed by atoms with Gasteiger partial charge in [-0.1, -0.05) is 42.5 Å². The summed E-state index contributed by atoms with van der Waals surface area (Å²) in [6.45, 7) is -0.644. The summed E-state index contributed by atoms with van der Waals surface area (Å²) in [4.78, 5) is 24.4. The molecule has 1 atom stereocenters. The second kappa shape index (κ2) is 12.7. The van der Waals surface area contributed by atoms with Crippen molar-refractivity contribution in [3.63, 3.8) is 0 Å². The predicted molar refractivity (Wildman–Crippen MR) is 144 cm³/mol. The van der Waals surface area contributed by atoms with Crippen molar-refractivity contribution >= 4 is 27.6 Å². The number of amides is 1. The number of nitrogens with zero attached hydrogens (tertiary/aromatic N) is 1. The minimum atomic E-state index is -6.17. The number of anilines is 1. The Labute approximate surface area is 252 Å². The fourth-order valence-electron chi connectivity index (χ4n) is 4.83. The first-order valence-electron chi connectivity index (χ1n) is 13.2. The van der Waals surface area contributed by atoms with Gasteiger partial charge in [-0.3, -0.25) is 13.9 Å². The van der Waals surface area contributed by atoms with E-state index in [-0.39, 0.29) is 30.7 Å². The highest BCUT2D eigenvalue weighted by Gasteiger charge is 2.71. The Morgan fingerprint density at radius 3 is 2.16 bits per heavy atom. The van der Waals surface area contributed by atoms with Crippen LogP contribution in [0.3, 0.4) is 0 Å². The number of benzene rings is 3. The van der Waals surface area contributed by atoms with Gasteiger partial charge in [0.15, 0.2) is 0 Å². The number of rotatable bonds is 9. The van der Waals surface area contributed by atoms with Crippen molar-refractivity contribution in [1.29, 1.82) is 0 Å². The van der Waals surface area contributed by atoms with Gasteiger partial charge < -0.3 is 15.2 Å². The van der Waals surface area contributed by atoms with Crippen LogP contribution in [0.1, 0.15) is 29.5 Å². The van der Waals surface area contributed by atoms with Gasteiger partial charge in [-0.05, 0) is 54.3 Å². The van der Waals surface area contributed by atoms with Gasteiger partial charge in [0.25, 0.3) is 15.6 Å².